The van der Waals surface area contributed by atoms with Crippen LogP contribution in [0, 0.1) is 6.92 Å². The summed E-state index contributed by atoms with van der Waals surface area (Å²) < 4.78 is 5.26. The topological polar surface area (TPSA) is 49.5 Å². The van der Waals surface area contributed by atoms with Crippen LogP contribution in [0.3, 0.4) is 0 Å². The molecule has 2 aromatic heterocycles. The number of halogens is 1. The Kier molecular flexibility index (Phi) is 3.89. The molecule has 0 saturated carbocycles. The van der Waals surface area contributed by atoms with Crippen molar-refractivity contribution in [3.05, 3.63) is 46.5 Å². The van der Waals surface area contributed by atoms with Crippen molar-refractivity contribution in [3.63, 3.8) is 0 Å². The lowest BCUT2D eigenvalue weighted by molar-refractivity contribution is 0.282. The third-order valence-electron chi connectivity index (χ3n) is 2.86. The van der Waals surface area contributed by atoms with Gasteiger partial charge in [0.25, 0.3) is 0 Å². The Morgan fingerprint density at radius 1 is 1.44 bits per heavy atom. The first-order valence-corrected chi connectivity index (χ1v) is 5.99. The predicted octanol–water partition coefficient (Wildman–Crippen LogP) is 2.77. The van der Waals surface area contributed by atoms with E-state index in [9.17, 15) is 5.11 Å². The van der Waals surface area contributed by atoms with Crippen LogP contribution in [0.25, 0.3) is 0 Å². The summed E-state index contributed by atoms with van der Waals surface area (Å²) in [5, 5.41) is 9.66. The molecular weight excluding hydrogens is 252 g/mol. The maximum Gasteiger partial charge on any atom is 0.128 e. The van der Waals surface area contributed by atoms with Crippen molar-refractivity contribution in [2.45, 2.75) is 20.1 Å². The van der Waals surface area contributed by atoms with E-state index in [0.717, 1.165) is 17.1 Å². The largest absolute Gasteiger partial charge is 0.469 e. The van der Waals surface area contributed by atoms with Crippen LogP contribution in [0.15, 0.2) is 29.0 Å². The highest BCUT2D eigenvalue weighted by Gasteiger charge is 2.09. The summed E-state index contributed by atoms with van der Waals surface area (Å²) in [7, 11) is 1.93. The lowest BCUT2D eigenvalue weighted by atomic mass is 10.2. The number of nitrogens with zero attached hydrogens (tertiary/aromatic N) is 2. The van der Waals surface area contributed by atoms with Gasteiger partial charge in [0.15, 0.2) is 0 Å². The van der Waals surface area contributed by atoms with Crippen LogP contribution in [0.4, 0.5) is 5.82 Å². The van der Waals surface area contributed by atoms with Crippen LogP contribution in [0.2, 0.25) is 5.02 Å². The summed E-state index contributed by atoms with van der Waals surface area (Å²) in [6, 6.07) is 3.73. The first-order chi connectivity index (χ1) is 8.61. The number of furan rings is 1. The molecular formula is C13H15ClN2O2. The molecule has 0 aliphatic heterocycles. The highest BCUT2D eigenvalue weighted by molar-refractivity contribution is 6.31. The first-order valence-electron chi connectivity index (χ1n) is 5.61. The van der Waals surface area contributed by atoms with Crippen molar-refractivity contribution in [3.8, 4) is 0 Å². The number of aryl methyl sites for hydroxylation is 1. The molecule has 0 spiro atoms. The van der Waals surface area contributed by atoms with E-state index in [1.165, 1.54) is 0 Å². The normalized spacial score (nSPS) is 10.7. The number of pyridine rings is 1. The number of anilines is 1. The zero-order valence-electron chi connectivity index (χ0n) is 10.4. The zero-order valence-corrected chi connectivity index (χ0v) is 11.1. The Balaban J connectivity index is 2.18. The molecule has 0 saturated heterocycles. The summed E-state index contributed by atoms with van der Waals surface area (Å²) in [6.45, 7) is 2.53. The fourth-order valence-corrected chi connectivity index (χ4v) is 1.87. The molecule has 96 valence electrons. The lowest BCUT2D eigenvalue weighted by Crippen LogP contribution is -2.18. The number of aromatic nitrogens is 1. The van der Waals surface area contributed by atoms with Crippen LogP contribution in [0.1, 0.15) is 16.9 Å². The van der Waals surface area contributed by atoms with Crippen LogP contribution in [-0.2, 0) is 13.2 Å². The van der Waals surface area contributed by atoms with E-state index in [1.807, 2.05) is 24.9 Å². The second-order valence-electron chi connectivity index (χ2n) is 4.15. The maximum absolute atomic E-state index is 9.18. The highest BCUT2D eigenvalue weighted by atomic mass is 35.5. The molecule has 2 aromatic rings. The highest BCUT2D eigenvalue weighted by Crippen LogP contribution is 2.21. The average Bonchev–Trinajstić information content (AvgIpc) is 2.75. The van der Waals surface area contributed by atoms with Crippen LogP contribution in [0.5, 0.6) is 0 Å². The Hall–Kier alpha value is -1.52. The van der Waals surface area contributed by atoms with E-state index >= 15 is 0 Å². The van der Waals surface area contributed by atoms with Crippen LogP contribution >= 0.6 is 11.6 Å². The third-order valence-corrected chi connectivity index (χ3v) is 3.20. The lowest BCUT2D eigenvalue weighted by Gasteiger charge is -2.18. The Morgan fingerprint density at radius 3 is 2.83 bits per heavy atom. The molecule has 1 N–H and O–H groups in total. The summed E-state index contributed by atoms with van der Waals surface area (Å²) in [5.74, 6) is 1.67. The van der Waals surface area contributed by atoms with Crippen molar-refractivity contribution >= 4 is 17.4 Å². The van der Waals surface area contributed by atoms with Gasteiger partial charge < -0.3 is 14.4 Å². The minimum atomic E-state index is -0.0903. The number of aliphatic hydroxyl groups excluding tert-OH is 1. The van der Waals surface area contributed by atoms with Gasteiger partial charge in [-0.3, -0.25) is 0 Å². The fourth-order valence-electron chi connectivity index (χ4n) is 1.71. The van der Waals surface area contributed by atoms with Gasteiger partial charge in [0.2, 0.25) is 0 Å². The molecule has 0 unspecified atom stereocenters. The van der Waals surface area contributed by atoms with E-state index < -0.39 is 0 Å². The van der Waals surface area contributed by atoms with Crippen LogP contribution in [-0.4, -0.2) is 17.1 Å². The molecule has 0 amide bonds. The van der Waals surface area contributed by atoms with Crippen molar-refractivity contribution in [2.24, 2.45) is 0 Å². The van der Waals surface area contributed by atoms with Gasteiger partial charge in [0.05, 0.1) is 17.9 Å². The molecule has 0 aliphatic rings. The maximum atomic E-state index is 9.18. The van der Waals surface area contributed by atoms with Gasteiger partial charge in [-0.2, -0.15) is 0 Å². The van der Waals surface area contributed by atoms with Crippen LogP contribution < -0.4 is 4.90 Å². The summed E-state index contributed by atoms with van der Waals surface area (Å²) in [6.07, 6.45) is 3.23. The zero-order chi connectivity index (χ0) is 13.1. The Bertz CT molecular complexity index is 540. The quantitative estimate of drug-likeness (QED) is 0.924. The van der Waals surface area contributed by atoms with Crippen molar-refractivity contribution < 1.29 is 9.52 Å². The van der Waals surface area contributed by atoms with E-state index in [0.29, 0.717) is 17.1 Å². The standard InChI is InChI=1S/C13H15ClN2O2/c1-9-10(3-4-18-9)7-16(2)13-5-11(8-17)12(14)6-15-13/h3-6,17H,7-8H2,1-2H3. The second kappa shape index (κ2) is 5.42. The molecule has 0 radical (unpaired) electrons. The van der Waals surface area contributed by atoms with Gasteiger partial charge in [0.1, 0.15) is 11.6 Å². The minimum absolute atomic E-state index is 0.0903. The van der Waals surface area contributed by atoms with E-state index in [-0.39, 0.29) is 6.61 Å². The molecule has 18 heavy (non-hydrogen) atoms. The van der Waals surface area contributed by atoms with Crippen molar-refractivity contribution in [2.75, 3.05) is 11.9 Å². The number of rotatable bonds is 4. The summed E-state index contributed by atoms with van der Waals surface area (Å²) in [5.41, 5.74) is 1.79. The molecule has 4 nitrogen and oxygen atoms in total. The van der Waals surface area contributed by atoms with Gasteiger partial charge in [-0.05, 0) is 19.1 Å². The van der Waals surface area contributed by atoms with Gasteiger partial charge in [-0.15, -0.1) is 0 Å². The molecule has 5 heteroatoms. The Labute approximate surface area is 111 Å². The first kappa shape index (κ1) is 12.9. The molecule has 0 atom stereocenters. The third kappa shape index (κ3) is 2.66. The minimum Gasteiger partial charge on any atom is -0.469 e. The molecule has 0 fully saturated rings. The van der Waals surface area contributed by atoms with Gasteiger partial charge >= 0.3 is 0 Å². The van der Waals surface area contributed by atoms with Gasteiger partial charge in [-0.25, -0.2) is 4.98 Å². The van der Waals surface area contributed by atoms with E-state index in [1.54, 1.807) is 18.5 Å². The monoisotopic (exact) mass is 266 g/mol. The molecule has 0 bridgehead atoms. The van der Waals surface area contributed by atoms with E-state index in [2.05, 4.69) is 4.98 Å². The molecule has 2 rings (SSSR count). The summed E-state index contributed by atoms with van der Waals surface area (Å²) >= 11 is 5.91. The van der Waals surface area contributed by atoms with Gasteiger partial charge in [-0.1, -0.05) is 11.6 Å². The average molecular weight is 267 g/mol. The SMILES string of the molecule is Cc1occc1CN(C)c1cc(CO)c(Cl)cn1. The fraction of sp³-hybridized carbons (Fsp3) is 0.308. The Morgan fingerprint density at radius 2 is 2.22 bits per heavy atom. The predicted molar refractivity (Wildman–Crippen MR) is 70.7 cm³/mol. The molecule has 2 heterocycles. The molecule has 0 aromatic carbocycles. The number of hydrogen-bond acceptors (Lipinski definition) is 4. The molecule has 0 aliphatic carbocycles. The second-order valence-corrected chi connectivity index (χ2v) is 4.56. The number of hydrogen-bond donors (Lipinski definition) is 1. The van der Waals surface area contributed by atoms with Crippen molar-refractivity contribution in [1.82, 2.24) is 4.98 Å². The summed E-state index contributed by atoms with van der Waals surface area (Å²) in [4.78, 5) is 6.23. The smallest absolute Gasteiger partial charge is 0.128 e. The van der Waals surface area contributed by atoms with Gasteiger partial charge in [0, 0.05) is 30.9 Å². The van der Waals surface area contributed by atoms with Crippen molar-refractivity contribution in [1.29, 1.82) is 0 Å². The number of aliphatic hydroxyl groups is 1. The van der Waals surface area contributed by atoms with E-state index in [4.69, 9.17) is 16.0 Å².